The molecule has 3 N–H and O–H groups in total. The van der Waals surface area contributed by atoms with Gasteiger partial charge in [0.15, 0.2) is 0 Å². The van der Waals surface area contributed by atoms with Gasteiger partial charge in [0.1, 0.15) is 5.75 Å². The Labute approximate surface area is 272 Å². The molecule has 1 aliphatic heterocycles. The zero-order chi connectivity index (χ0) is 33.4. The van der Waals surface area contributed by atoms with E-state index in [-0.39, 0.29) is 30.6 Å². The molecular weight excluding hydrogens is 607 g/mol. The lowest BCUT2D eigenvalue weighted by molar-refractivity contribution is -0.137. The van der Waals surface area contributed by atoms with Crippen molar-refractivity contribution in [3.05, 3.63) is 137 Å². The van der Waals surface area contributed by atoms with E-state index in [1.54, 1.807) is 37.4 Å². The van der Waals surface area contributed by atoms with Crippen molar-refractivity contribution in [2.24, 2.45) is 0 Å². The molecule has 47 heavy (non-hydrogen) atoms. The van der Waals surface area contributed by atoms with Crippen LogP contribution in [0, 0.1) is 0 Å². The number of aliphatic hydroxyl groups excluding tert-OH is 1. The van der Waals surface area contributed by atoms with Gasteiger partial charge >= 0.3 is 6.18 Å². The first kappa shape index (κ1) is 33.7. The van der Waals surface area contributed by atoms with E-state index in [0.29, 0.717) is 24.1 Å². The number of nitrogens with one attached hydrogen (secondary N) is 2. The third-order valence-corrected chi connectivity index (χ3v) is 8.40. The van der Waals surface area contributed by atoms with Crippen LogP contribution in [0.5, 0.6) is 5.75 Å². The van der Waals surface area contributed by atoms with Crippen LogP contribution in [0.3, 0.4) is 0 Å². The van der Waals surface area contributed by atoms with E-state index in [1.165, 1.54) is 6.07 Å². The second kappa shape index (κ2) is 15.3. The number of methoxy groups -OCH3 is 1. The van der Waals surface area contributed by atoms with Crippen LogP contribution in [0.25, 0.3) is 0 Å². The van der Waals surface area contributed by atoms with Gasteiger partial charge in [-0.05, 0) is 72.4 Å². The minimum Gasteiger partial charge on any atom is -0.497 e. The maximum atomic E-state index is 13.7. The van der Waals surface area contributed by atoms with Crippen LogP contribution in [0.15, 0.2) is 103 Å². The molecule has 0 aliphatic carbocycles. The fourth-order valence-corrected chi connectivity index (χ4v) is 5.91. The van der Waals surface area contributed by atoms with Crippen LogP contribution in [0.2, 0.25) is 0 Å². The first-order valence-electron chi connectivity index (χ1n) is 15.6. The van der Waals surface area contributed by atoms with Gasteiger partial charge in [0.2, 0.25) is 0 Å². The summed E-state index contributed by atoms with van der Waals surface area (Å²) in [6, 6.07) is 27.8. The molecule has 1 saturated heterocycles. The van der Waals surface area contributed by atoms with Crippen molar-refractivity contribution in [3.8, 4) is 5.75 Å². The number of nitrogens with zero attached hydrogens (tertiary/aromatic N) is 1. The molecule has 0 radical (unpaired) electrons. The predicted octanol–water partition coefficient (Wildman–Crippen LogP) is 6.18. The maximum Gasteiger partial charge on any atom is 0.416 e. The molecular formula is C37H38F3N3O4. The van der Waals surface area contributed by atoms with E-state index in [9.17, 15) is 27.9 Å². The van der Waals surface area contributed by atoms with E-state index in [1.807, 2.05) is 59.5 Å². The van der Waals surface area contributed by atoms with Crippen LogP contribution < -0.4 is 15.4 Å². The number of halogens is 3. The SMILES string of the molecule is COc1ccc(C2CCCN2C(=O)c2cccc(C(=O)N[C@@H](Cc3ccccc3)[C@@H](O)CNCc3cccc(C(F)(F)F)c3)c2)cc1. The quantitative estimate of drug-likeness (QED) is 0.171. The van der Waals surface area contributed by atoms with Crippen LogP contribution in [0.1, 0.15) is 61.9 Å². The molecule has 4 aromatic rings. The number of aliphatic hydroxyl groups is 1. The molecule has 10 heteroatoms. The number of alkyl halides is 3. The first-order chi connectivity index (χ1) is 22.6. The molecule has 1 fully saturated rings. The van der Waals surface area contributed by atoms with E-state index in [4.69, 9.17) is 4.74 Å². The summed E-state index contributed by atoms with van der Waals surface area (Å²) in [6.45, 7) is 0.726. The van der Waals surface area contributed by atoms with Crippen molar-refractivity contribution in [2.75, 3.05) is 20.2 Å². The van der Waals surface area contributed by atoms with E-state index in [0.717, 1.165) is 41.9 Å². The number of hydrogen-bond donors (Lipinski definition) is 3. The summed E-state index contributed by atoms with van der Waals surface area (Å²) in [5.41, 5.74) is 2.25. The molecule has 0 bridgehead atoms. The Morgan fingerprint density at radius 2 is 1.62 bits per heavy atom. The Kier molecular flexibility index (Phi) is 11.0. The van der Waals surface area contributed by atoms with Crippen molar-refractivity contribution in [3.63, 3.8) is 0 Å². The summed E-state index contributed by atoms with van der Waals surface area (Å²) in [4.78, 5) is 29.0. The summed E-state index contributed by atoms with van der Waals surface area (Å²) >= 11 is 0. The number of amides is 2. The van der Waals surface area contributed by atoms with Gasteiger partial charge in [0.05, 0.1) is 30.9 Å². The van der Waals surface area contributed by atoms with Crippen molar-refractivity contribution in [1.29, 1.82) is 0 Å². The van der Waals surface area contributed by atoms with Gasteiger partial charge in [-0.1, -0.05) is 66.7 Å². The van der Waals surface area contributed by atoms with Crippen molar-refractivity contribution in [2.45, 2.75) is 50.2 Å². The van der Waals surface area contributed by atoms with Crippen molar-refractivity contribution < 1.29 is 32.6 Å². The molecule has 0 aromatic heterocycles. The zero-order valence-corrected chi connectivity index (χ0v) is 26.0. The van der Waals surface area contributed by atoms with Crippen LogP contribution >= 0.6 is 0 Å². The van der Waals surface area contributed by atoms with Gasteiger partial charge in [0, 0.05) is 30.8 Å². The average molecular weight is 646 g/mol. The molecule has 1 unspecified atom stereocenters. The second-order valence-electron chi connectivity index (χ2n) is 11.7. The summed E-state index contributed by atoms with van der Waals surface area (Å²) in [5, 5.41) is 17.1. The molecule has 246 valence electrons. The van der Waals surface area contributed by atoms with E-state index >= 15 is 0 Å². The smallest absolute Gasteiger partial charge is 0.416 e. The molecule has 0 saturated carbocycles. The molecule has 1 heterocycles. The lowest BCUT2D eigenvalue weighted by atomic mass is 10.00. The van der Waals surface area contributed by atoms with Crippen molar-refractivity contribution >= 4 is 11.8 Å². The number of carbonyl (C=O) groups is 2. The molecule has 4 aromatic carbocycles. The number of likely N-dealkylation sites (tertiary alicyclic amines) is 1. The predicted molar refractivity (Wildman–Crippen MR) is 173 cm³/mol. The highest BCUT2D eigenvalue weighted by Crippen LogP contribution is 2.34. The van der Waals surface area contributed by atoms with Gasteiger partial charge in [-0.3, -0.25) is 9.59 Å². The zero-order valence-electron chi connectivity index (χ0n) is 26.0. The molecule has 0 spiro atoms. The lowest BCUT2D eigenvalue weighted by Crippen LogP contribution is -2.48. The summed E-state index contributed by atoms with van der Waals surface area (Å²) < 4.78 is 44.6. The highest BCUT2D eigenvalue weighted by atomic mass is 19.4. The van der Waals surface area contributed by atoms with E-state index < -0.39 is 29.8 Å². The van der Waals surface area contributed by atoms with Gasteiger partial charge in [-0.25, -0.2) is 0 Å². The first-order valence-corrected chi connectivity index (χ1v) is 15.6. The lowest BCUT2D eigenvalue weighted by Gasteiger charge is -2.26. The summed E-state index contributed by atoms with van der Waals surface area (Å²) in [6.07, 6.45) is -3.50. The Balaban J connectivity index is 1.27. The monoisotopic (exact) mass is 645 g/mol. The maximum absolute atomic E-state index is 13.7. The number of rotatable bonds is 12. The van der Waals surface area contributed by atoms with Gasteiger partial charge in [0.25, 0.3) is 11.8 Å². The van der Waals surface area contributed by atoms with Gasteiger partial charge in [-0.15, -0.1) is 0 Å². The number of benzene rings is 4. The van der Waals surface area contributed by atoms with Gasteiger partial charge < -0.3 is 25.4 Å². The fraction of sp³-hybridized carbons (Fsp3) is 0.297. The largest absolute Gasteiger partial charge is 0.497 e. The van der Waals surface area contributed by atoms with Crippen LogP contribution in [-0.4, -0.2) is 54.2 Å². The molecule has 1 aliphatic rings. The summed E-state index contributed by atoms with van der Waals surface area (Å²) in [7, 11) is 1.61. The number of carbonyl (C=O) groups excluding carboxylic acids is 2. The molecule has 5 rings (SSSR count). The Morgan fingerprint density at radius 3 is 2.34 bits per heavy atom. The third-order valence-electron chi connectivity index (χ3n) is 8.40. The molecule has 7 nitrogen and oxygen atoms in total. The topological polar surface area (TPSA) is 90.9 Å². The highest BCUT2D eigenvalue weighted by molar-refractivity contribution is 6.00. The van der Waals surface area contributed by atoms with E-state index in [2.05, 4.69) is 10.6 Å². The summed E-state index contributed by atoms with van der Waals surface area (Å²) in [5.74, 6) is 0.119. The van der Waals surface area contributed by atoms with Crippen molar-refractivity contribution in [1.82, 2.24) is 15.5 Å². The highest BCUT2D eigenvalue weighted by Gasteiger charge is 2.32. The normalized spacial score (nSPS) is 16.0. The van der Waals surface area contributed by atoms with Crippen LogP contribution in [-0.2, 0) is 19.1 Å². The Bertz CT molecular complexity index is 1650. The average Bonchev–Trinajstić information content (AvgIpc) is 3.58. The molecule has 3 atom stereocenters. The fourth-order valence-electron chi connectivity index (χ4n) is 5.91. The van der Waals surface area contributed by atoms with Crippen LogP contribution in [0.4, 0.5) is 13.2 Å². The number of hydrogen-bond acceptors (Lipinski definition) is 5. The third kappa shape index (κ3) is 8.78. The molecule has 2 amide bonds. The number of ether oxygens (including phenoxy) is 1. The van der Waals surface area contributed by atoms with Gasteiger partial charge in [-0.2, -0.15) is 13.2 Å². The minimum absolute atomic E-state index is 0.0221. The second-order valence-corrected chi connectivity index (χ2v) is 11.7. The minimum atomic E-state index is -4.45. The Hall–Kier alpha value is -4.67. The Morgan fingerprint density at radius 1 is 0.915 bits per heavy atom. The standard InChI is InChI=1S/C37H38F3N3O4/c1-47-31-17-15-27(16-18-31)33-14-7-19-43(33)36(46)29-12-6-11-28(22-29)35(45)42-32(21-25-8-3-2-4-9-25)34(44)24-41-23-26-10-5-13-30(20-26)37(38,39)40/h2-6,8-13,15-18,20,22,32-34,41,44H,7,14,19,21,23-24H2,1H3,(H,42,45)/t32-,33?,34-/m0/s1.